The molecule has 1 aliphatic carbocycles. The fourth-order valence-corrected chi connectivity index (χ4v) is 3.08. The summed E-state index contributed by atoms with van der Waals surface area (Å²) in [6.45, 7) is 3.89. The molecule has 1 saturated carbocycles. The van der Waals surface area contributed by atoms with Gasteiger partial charge in [-0.2, -0.15) is 0 Å². The third kappa shape index (κ3) is 3.70. The van der Waals surface area contributed by atoms with Crippen molar-refractivity contribution >= 4 is 17.1 Å². The van der Waals surface area contributed by atoms with Crippen LogP contribution in [0.25, 0.3) is 11.0 Å². The van der Waals surface area contributed by atoms with Crippen LogP contribution in [0.5, 0.6) is 0 Å². The van der Waals surface area contributed by atoms with Gasteiger partial charge in [-0.25, -0.2) is 9.78 Å². The molecule has 0 aliphatic heterocycles. The molecule has 1 heterocycles. The van der Waals surface area contributed by atoms with E-state index in [4.69, 9.17) is 0 Å². The maximum absolute atomic E-state index is 12.1. The number of rotatable bonds is 7. The fourth-order valence-electron chi connectivity index (χ4n) is 3.08. The molecular weight excluding hydrogens is 304 g/mol. The normalized spacial score (nSPS) is 15.5. The van der Waals surface area contributed by atoms with E-state index >= 15 is 0 Å². The first-order chi connectivity index (χ1) is 11.6. The number of aliphatic hydroxyl groups is 1. The third-order valence-electron chi connectivity index (χ3n) is 4.65. The SMILES string of the molecule is CCn1c(CCNC(=O)N(C)CC(O)C2CC2)nc2ccccc21. The molecule has 6 heteroatoms. The Hall–Kier alpha value is -2.08. The Morgan fingerprint density at radius 2 is 2.21 bits per heavy atom. The van der Waals surface area contributed by atoms with Crippen molar-refractivity contribution in [2.24, 2.45) is 5.92 Å². The molecule has 24 heavy (non-hydrogen) atoms. The lowest BCUT2D eigenvalue weighted by molar-refractivity contribution is 0.113. The van der Waals surface area contributed by atoms with Crippen molar-refractivity contribution in [3.8, 4) is 0 Å². The smallest absolute Gasteiger partial charge is 0.317 e. The van der Waals surface area contributed by atoms with Crippen molar-refractivity contribution in [1.82, 2.24) is 19.8 Å². The zero-order valence-corrected chi connectivity index (χ0v) is 14.4. The van der Waals surface area contributed by atoms with Crippen molar-refractivity contribution < 1.29 is 9.90 Å². The van der Waals surface area contributed by atoms with Crippen LogP contribution in [0.1, 0.15) is 25.6 Å². The van der Waals surface area contributed by atoms with Crippen molar-refractivity contribution in [1.29, 1.82) is 0 Å². The van der Waals surface area contributed by atoms with Crippen LogP contribution < -0.4 is 5.32 Å². The molecule has 1 aromatic carbocycles. The Morgan fingerprint density at radius 3 is 2.92 bits per heavy atom. The molecule has 1 unspecified atom stereocenters. The van der Waals surface area contributed by atoms with Crippen LogP contribution >= 0.6 is 0 Å². The van der Waals surface area contributed by atoms with Gasteiger partial charge in [0.05, 0.1) is 17.1 Å². The quantitative estimate of drug-likeness (QED) is 0.816. The number of nitrogens with zero attached hydrogens (tertiary/aromatic N) is 3. The van der Waals surface area contributed by atoms with Crippen LogP contribution in [0.2, 0.25) is 0 Å². The van der Waals surface area contributed by atoms with Gasteiger partial charge >= 0.3 is 6.03 Å². The molecule has 2 amide bonds. The van der Waals surface area contributed by atoms with E-state index in [1.165, 1.54) is 0 Å². The number of aryl methyl sites for hydroxylation is 1. The van der Waals surface area contributed by atoms with Crippen LogP contribution in [0.15, 0.2) is 24.3 Å². The molecule has 2 N–H and O–H groups in total. The average molecular weight is 330 g/mol. The first-order valence-corrected chi connectivity index (χ1v) is 8.71. The van der Waals surface area contributed by atoms with Gasteiger partial charge in [0, 0.05) is 33.1 Å². The Kier molecular flexibility index (Phi) is 5.04. The van der Waals surface area contributed by atoms with Gasteiger partial charge in [-0.15, -0.1) is 0 Å². The van der Waals surface area contributed by atoms with Gasteiger partial charge in [0.15, 0.2) is 0 Å². The summed E-state index contributed by atoms with van der Waals surface area (Å²) in [6.07, 6.45) is 2.44. The van der Waals surface area contributed by atoms with E-state index in [-0.39, 0.29) is 6.03 Å². The number of benzene rings is 1. The number of urea groups is 1. The van der Waals surface area contributed by atoms with Crippen LogP contribution in [0, 0.1) is 5.92 Å². The van der Waals surface area contributed by atoms with E-state index in [0.717, 1.165) is 36.2 Å². The molecule has 1 fully saturated rings. The Morgan fingerprint density at radius 1 is 1.46 bits per heavy atom. The molecule has 0 spiro atoms. The number of para-hydroxylation sites is 2. The molecule has 0 radical (unpaired) electrons. The first kappa shape index (κ1) is 16.8. The zero-order valence-electron chi connectivity index (χ0n) is 14.4. The summed E-state index contributed by atoms with van der Waals surface area (Å²) in [5, 5.41) is 12.8. The van der Waals surface area contributed by atoms with Crippen LogP contribution in [-0.2, 0) is 13.0 Å². The van der Waals surface area contributed by atoms with Gasteiger partial charge in [-0.05, 0) is 37.8 Å². The molecule has 1 aromatic heterocycles. The Labute approximate surface area is 142 Å². The zero-order chi connectivity index (χ0) is 17.1. The minimum atomic E-state index is -0.398. The maximum atomic E-state index is 12.1. The van der Waals surface area contributed by atoms with E-state index in [9.17, 15) is 9.90 Å². The molecule has 2 aromatic rings. The van der Waals surface area contributed by atoms with Crippen molar-refractivity contribution in [2.75, 3.05) is 20.1 Å². The lowest BCUT2D eigenvalue weighted by atomic mass is 10.2. The molecule has 1 aliphatic rings. The topological polar surface area (TPSA) is 70.4 Å². The number of amides is 2. The summed E-state index contributed by atoms with van der Waals surface area (Å²) in [6, 6.07) is 7.94. The lowest BCUT2D eigenvalue weighted by Gasteiger charge is -2.21. The van der Waals surface area contributed by atoms with Crippen LogP contribution in [0.4, 0.5) is 4.79 Å². The summed E-state index contributed by atoms with van der Waals surface area (Å²) >= 11 is 0. The number of aliphatic hydroxyl groups excluding tert-OH is 1. The summed E-state index contributed by atoms with van der Waals surface area (Å²) in [5.74, 6) is 1.37. The van der Waals surface area contributed by atoms with E-state index in [1.54, 1.807) is 11.9 Å². The number of carbonyl (C=O) groups excluding carboxylic acids is 1. The second-order valence-corrected chi connectivity index (χ2v) is 6.53. The predicted molar refractivity (Wildman–Crippen MR) is 93.9 cm³/mol. The van der Waals surface area contributed by atoms with E-state index in [0.29, 0.717) is 25.4 Å². The lowest BCUT2D eigenvalue weighted by Crippen LogP contribution is -2.42. The highest BCUT2D eigenvalue weighted by molar-refractivity contribution is 5.76. The first-order valence-electron chi connectivity index (χ1n) is 8.71. The largest absolute Gasteiger partial charge is 0.391 e. The summed E-state index contributed by atoms with van der Waals surface area (Å²) in [7, 11) is 1.72. The number of fused-ring (bicyclic) bond motifs is 1. The monoisotopic (exact) mass is 330 g/mol. The fraction of sp³-hybridized carbons (Fsp3) is 0.556. The van der Waals surface area contributed by atoms with Crippen molar-refractivity contribution in [3.05, 3.63) is 30.1 Å². The summed E-state index contributed by atoms with van der Waals surface area (Å²) in [4.78, 5) is 18.3. The number of imidazole rings is 1. The maximum Gasteiger partial charge on any atom is 0.317 e. The van der Waals surface area contributed by atoms with Crippen molar-refractivity contribution in [2.45, 2.75) is 38.8 Å². The van der Waals surface area contributed by atoms with Crippen LogP contribution in [-0.4, -0.2) is 51.8 Å². The molecule has 1 atom stereocenters. The molecule has 130 valence electrons. The van der Waals surface area contributed by atoms with Crippen molar-refractivity contribution in [3.63, 3.8) is 0 Å². The number of nitrogens with one attached hydrogen (secondary N) is 1. The number of carbonyl (C=O) groups is 1. The van der Waals surface area contributed by atoms with Gasteiger partial charge in [0.25, 0.3) is 0 Å². The highest BCUT2D eigenvalue weighted by Gasteiger charge is 2.31. The molecule has 0 saturated heterocycles. The molecule has 6 nitrogen and oxygen atoms in total. The summed E-state index contributed by atoms with van der Waals surface area (Å²) in [5.41, 5.74) is 2.12. The van der Waals surface area contributed by atoms with E-state index < -0.39 is 6.10 Å². The summed E-state index contributed by atoms with van der Waals surface area (Å²) < 4.78 is 2.18. The average Bonchev–Trinajstić information content (AvgIpc) is 3.36. The minimum Gasteiger partial charge on any atom is -0.391 e. The van der Waals surface area contributed by atoms with E-state index in [2.05, 4.69) is 27.9 Å². The van der Waals surface area contributed by atoms with Gasteiger partial charge in [0.2, 0.25) is 0 Å². The van der Waals surface area contributed by atoms with Gasteiger partial charge in [-0.3, -0.25) is 0 Å². The Bertz CT molecular complexity index is 708. The highest BCUT2D eigenvalue weighted by Crippen LogP contribution is 2.32. The number of hydrogen-bond acceptors (Lipinski definition) is 3. The molecule has 3 rings (SSSR count). The highest BCUT2D eigenvalue weighted by atomic mass is 16.3. The van der Waals surface area contributed by atoms with Gasteiger partial charge in [-0.1, -0.05) is 12.1 Å². The van der Waals surface area contributed by atoms with Crippen LogP contribution in [0.3, 0.4) is 0 Å². The number of hydrogen-bond donors (Lipinski definition) is 2. The van der Waals surface area contributed by atoms with Gasteiger partial charge in [0.1, 0.15) is 5.82 Å². The second-order valence-electron chi connectivity index (χ2n) is 6.53. The standard InChI is InChI=1S/C18H26N4O2/c1-3-22-15-7-5-4-6-14(15)20-17(22)10-11-19-18(24)21(2)12-16(23)13-8-9-13/h4-7,13,16,23H,3,8-12H2,1-2H3,(H,19,24). The van der Waals surface area contributed by atoms with Gasteiger partial charge < -0.3 is 19.9 Å². The second kappa shape index (κ2) is 7.21. The molecular formula is C18H26N4O2. The van der Waals surface area contributed by atoms with E-state index in [1.807, 2.05) is 18.2 Å². The number of likely N-dealkylation sites (N-methyl/N-ethyl adjacent to an activating group) is 1. The third-order valence-corrected chi connectivity index (χ3v) is 4.65. The Balaban J connectivity index is 1.53. The predicted octanol–water partition coefficient (Wildman–Crippen LogP) is 2.01. The molecule has 0 bridgehead atoms. The minimum absolute atomic E-state index is 0.145. The number of aromatic nitrogens is 2.